The fourth-order valence-corrected chi connectivity index (χ4v) is 2.88. The molecule has 5 heteroatoms. The summed E-state index contributed by atoms with van der Waals surface area (Å²) in [5, 5.41) is 7.94. The van der Waals surface area contributed by atoms with Gasteiger partial charge in [0.2, 0.25) is 0 Å². The lowest BCUT2D eigenvalue weighted by molar-refractivity contribution is 0.415. The molecule has 1 aromatic carbocycles. The number of nitrogens with zero attached hydrogens (tertiary/aromatic N) is 1. The number of hydrogen-bond acceptors (Lipinski definition) is 4. The number of thioether (sulfide) groups is 1. The van der Waals surface area contributed by atoms with Gasteiger partial charge in [-0.3, -0.25) is 5.41 Å². The number of methoxy groups -OCH3 is 1. The highest BCUT2D eigenvalue weighted by Gasteiger charge is 2.05. The average Bonchev–Trinajstić information content (AvgIpc) is 2.61. The van der Waals surface area contributed by atoms with E-state index in [2.05, 4.69) is 6.26 Å². The molecule has 86 valence electrons. The molecule has 0 atom stereocenters. The molecular formula is C11H14N2OS2. The van der Waals surface area contributed by atoms with Gasteiger partial charge in [-0.2, -0.15) is 11.8 Å². The molecular weight excluding hydrogens is 240 g/mol. The van der Waals surface area contributed by atoms with Crippen LogP contribution < -0.4 is 9.54 Å². The molecule has 0 radical (unpaired) electrons. The van der Waals surface area contributed by atoms with Crippen LogP contribution in [-0.2, 0) is 6.54 Å². The highest BCUT2D eigenvalue weighted by molar-refractivity contribution is 7.98. The van der Waals surface area contributed by atoms with Crippen LogP contribution >= 0.6 is 23.1 Å². The second-order valence-corrected chi connectivity index (χ2v) is 5.40. The Morgan fingerprint density at radius 1 is 1.50 bits per heavy atom. The molecule has 16 heavy (non-hydrogen) atoms. The third-order valence-corrected chi connectivity index (χ3v) is 4.00. The summed E-state index contributed by atoms with van der Waals surface area (Å²) in [5.74, 6) is 1.88. The summed E-state index contributed by atoms with van der Waals surface area (Å²) >= 11 is 3.31. The van der Waals surface area contributed by atoms with Crippen molar-refractivity contribution < 1.29 is 4.74 Å². The van der Waals surface area contributed by atoms with E-state index in [4.69, 9.17) is 10.1 Å². The summed E-state index contributed by atoms with van der Waals surface area (Å²) in [5.41, 5.74) is 1.10. The van der Waals surface area contributed by atoms with Crippen LogP contribution in [0.2, 0.25) is 0 Å². The van der Waals surface area contributed by atoms with E-state index in [-0.39, 0.29) is 0 Å². The number of fused-ring (bicyclic) bond motifs is 1. The van der Waals surface area contributed by atoms with Gasteiger partial charge in [-0.05, 0) is 18.4 Å². The van der Waals surface area contributed by atoms with Gasteiger partial charge >= 0.3 is 0 Å². The molecule has 2 aromatic rings. The van der Waals surface area contributed by atoms with Gasteiger partial charge in [0.15, 0.2) is 4.80 Å². The first-order valence-corrected chi connectivity index (χ1v) is 7.18. The lowest BCUT2D eigenvalue weighted by atomic mass is 10.3. The minimum atomic E-state index is 0.609. The Hall–Kier alpha value is -0.940. The largest absolute Gasteiger partial charge is 0.497 e. The maximum absolute atomic E-state index is 7.94. The van der Waals surface area contributed by atoms with Gasteiger partial charge in [0.05, 0.1) is 17.3 Å². The van der Waals surface area contributed by atoms with Gasteiger partial charge in [-0.15, -0.1) is 0 Å². The molecule has 0 amide bonds. The van der Waals surface area contributed by atoms with Crippen LogP contribution in [0.4, 0.5) is 0 Å². The monoisotopic (exact) mass is 254 g/mol. The number of thiazole rings is 1. The maximum Gasteiger partial charge on any atom is 0.182 e. The Kier molecular flexibility index (Phi) is 3.56. The molecule has 1 heterocycles. The molecule has 0 aliphatic heterocycles. The van der Waals surface area contributed by atoms with Crippen molar-refractivity contribution in [2.75, 3.05) is 19.1 Å². The van der Waals surface area contributed by atoms with Crippen molar-refractivity contribution in [1.29, 1.82) is 5.41 Å². The smallest absolute Gasteiger partial charge is 0.182 e. The van der Waals surface area contributed by atoms with Crippen LogP contribution in [0, 0.1) is 5.41 Å². The number of nitrogens with one attached hydrogen (secondary N) is 1. The summed E-state index contributed by atoms with van der Waals surface area (Å²) in [7, 11) is 1.67. The first kappa shape index (κ1) is 11.5. The summed E-state index contributed by atoms with van der Waals surface area (Å²) in [4.78, 5) is 0.609. The Labute approximate surface area is 103 Å². The highest BCUT2D eigenvalue weighted by Crippen LogP contribution is 2.22. The average molecular weight is 254 g/mol. The third kappa shape index (κ3) is 2.10. The number of ether oxygens (including phenoxy) is 1. The normalized spacial score (nSPS) is 10.9. The number of benzene rings is 1. The van der Waals surface area contributed by atoms with E-state index in [0.29, 0.717) is 4.80 Å². The molecule has 0 aliphatic rings. The lowest BCUT2D eigenvalue weighted by Crippen LogP contribution is -2.14. The standard InChI is InChI=1S/C11H14N2OS2/c1-14-8-3-4-10-9(7-8)13(5-6-15-2)11(12)16-10/h3-4,7,12H,5-6H2,1-2H3. The number of rotatable bonds is 4. The first-order chi connectivity index (χ1) is 7.76. The minimum absolute atomic E-state index is 0.609. The predicted octanol–water partition coefficient (Wildman–Crippen LogP) is 2.55. The molecule has 1 aromatic heterocycles. The maximum atomic E-state index is 7.94. The molecule has 2 rings (SSSR count). The predicted molar refractivity (Wildman–Crippen MR) is 70.6 cm³/mol. The Morgan fingerprint density at radius 3 is 3.00 bits per heavy atom. The molecule has 0 saturated carbocycles. The van der Waals surface area contributed by atoms with E-state index in [9.17, 15) is 0 Å². The van der Waals surface area contributed by atoms with Crippen LogP contribution in [0.25, 0.3) is 10.2 Å². The van der Waals surface area contributed by atoms with E-state index >= 15 is 0 Å². The molecule has 1 N–H and O–H groups in total. The number of aryl methyl sites for hydroxylation is 1. The van der Waals surface area contributed by atoms with Crippen molar-refractivity contribution >= 4 is 33.3 Å². The topological polar surface area (TPSA) is 38.0 Å². The molecule has 3 nitrogen and oxygen atoms in total. The van der Waals surface area contributed by atoms with Gasteiger partial charge in [0, 0.05) is 18.4 Å². The van der Waals surface area contributed by atoms with E-state index in [0.717, 1.165) is 28.3 Å². The molecule has 0 saturated heterocycles. The van der Waals surface area contributed by atoms with Gasteiger partial charge in [0.1, 0.15) is 5.75 Å². The lowest BCUT2D eigenvalue weighted by Gasteiger charge is -2.04. The van der Waals surface area contributed by atoms with Crippen LogP contribution in [0.3, 0.4) is 0 Å². The van der Waals surface area contributed by atoms with Crippen LogP contribution in [0.5, 0.6) is 5.75 Å². The zero-order valence-corrected chi connectivity index (χ0v) is 11.0. The summed E-state index contributed by atoms with van der Waals surface area (Å²) in [6.07, 6.45) is 2.08. The van der Waals surface area contributed by atoms with Crippen molar-refractivity contribution in [2.45, 2.75) is 6.54 Å². The second kappa shape index (κ2) is 4.93. The minimum Gasteiger partial charge on any atom is -0.497 e. The first-order valence-electron chi connectivity index (χ1n) is 4.97. The fraction of sp³-hybridized carbons (Fsp3) is 0.364. The van der Waals surface area contributed by atoms with Crippen molar-refractivity contribution in [3.8, 4) is 5.75 Å². The Bertz CT molecular complexity index is 544. The Morgan fingerprint density at radius 2 is 2.31 bits per heavy atom. The van der Waals surface area contributed by atoms with E-state index in [1.54, 1.807) is 18.9 Å². The van der Waals surface area contributed by atoms with Crippen molar-refractivity contribution in [2.24, 2.45) is 0 Å². The fourth-order valence-electron chi connectivity index (χ4n) is 1.59. The van der Waals surface area contributed by atoms with E-state index < -0.39 is 0 Å². The molecule has 0 unspecified atom stereocenters. The number of hydrogen-bond donors (Lipinski definition) is 1. The molecule has 0 spiro atoms. The van der Waals surface area contributed by atoms with Crippen LogP contribution in [0.1, 0.15) is 0 Å². The van der Waals surface area contributed by atoms with Gasteiger partial charge in [-0.1, -0.05) is 11.3 Å². The van der Waals surface area contributed by atoms with Crippen molar-refractivity contribution in [3.05, 3.63) is 23.0 Å². The number of aromatic nitrogens is 1. The van der Waals surface area contributed by atoms with Crippen molar-refractivity contribution in [3.63, 3.8) is 0 Å². The molecule has 0 aliphatic carbocycles. The third-order valence-electron chi connectivity index (χ3n) is 2.43. The molecule has 0 fully saturated rings. The van der Waals surface area contributed by atoms with Crippen LogP contribution in [0.15, 0.2) is 18.2 Å². The van der Waals surface area contributed by atoms with Gasteiger partial charge in [0.25, 0.3) is 0 Å². The van der Waals surface area contributed by atoms with Gasteiger partial charge in [-0.25, -0.2) is 0 Å². The van der Waals surface area contributed by atoms with E-state index in [1.807, 2.05) is 22.8 Å². The summed E-state index contributed by atoms with van der Waals surface area (Å²) in [6.45, 7) is 0.882. The highest BCUT2D eigenvalue weighted by atomic mass is 32.2. The molecule has 0 bridgehead atoms. The SMILES string of the molecule is COc1ccc2sc(=N)n(CCSC)c2c1. The van der Waals surface area contributed by atoms with E-state index in [1.165, 1.54) is 11.3 Å². The van der Waals surface area contributed by atoms with Gasteiger partial charge < -0.3 is 9.30 Å². The summed E-state index contributed by atoms with van der Waals surface area (Å²) in [6, 6.07) is 5.97. The summed E-state index contributed by atoms with van der Waals surface area (Å²) < 4.78 is 8.40. The van der Waals surface area contributed by atoms with Crippen molar-refractivity contribution in [1.82, 2.24) is 4.57 Å². The Balaban J connectivity index is 2.52. The second-order valence-electron chi connectivity index (χ2n) is 3.39. The zero-order valence-electron chi connectivity index (χ0n) is 9.32. The van der Waals surface area contributed by atoms with Crippen LogP contribution in [-0.4, -0.2) is 23.7 Å². The zero-order chi connectivity index (χ0) is 11.5. The quantitative estimate of drug-likeness (QED) is 0.910.